The van der Waals surface area contributed by atoms with E-state index in [0.717, 1.165) is 12.0 Å². The monoisotopic (exact) mass is 615 g/mol. The maximum atomic E-state index is 13.9. The number of ether oxygens (including phenoxy) is 4. The van der Waals surface area contributed by atoms with Gasteiger partial charge in [0.2, 0.25) is 10.0 Å². The molecule has 5 atom stereocenters. The van der Waals surface area contributed by atoms with Gasteiger partial charge in [-0.15, -0.1) is 0 Å². The predicted molar refractivity (Wildman–Crippen MR) is 158 cm³/mol. The molecule has 0 saturated carbocycles. The van der Waals surface area contributed by atoms with Crippen LogP contribution in [0.2, 0.25) is 0 Å². The molecule has 4 rings (SSSR count). The van der Waals surface area contributed by atoms with Crippen LogP contribution in [-0.2, 0) is 30.7 Å². The van der Waals surface area contributed by atoms with Crippen molar-refractivity contribution in [3.05, 3.63) is 60.2 Å². The Hall–Kier alpha value is -3.21. The van der Waals surface area contributed by atoms with Crippen molar-refractivity contribution in [2.75, 3.05) is 33.4 Å². The summed E-state index contributed by atoms with van der Waals surface area (Å²) in [5, 5.41) is 23.5. The van der Waals surface area contributed by atoms with Gasteiger partial charge in [-0.1, -0.05) is 44.2 Å². The molecule has 0 radical (unpaired) electrons. The van der Waals surface area contributed by atoms with E-state index in [1.807, 2.05) is 44.2 Å². The Morgan fingerprint density at radius 1 is 1.19 bits per heavy atom. The van der Waals surface area contributed by atoms with Gasteiger partial charge < -0.3 is 29.4 Å². The van der Waals surface area contributed by atoms with Crippen molar-refractivity contribution in [2.45, 2.75) is 69.0 Å². The van der Waals surface area contributed by atoms with Crippen LogP contribution < -0.4 is 10.1 Å². The highest BCUT2D eigenvalue weighted by atomic mass is 32.2. The average molecular weight is 616 g/mol. The van der Waals surface area contributed by atoms with Gasteiger partial charge in [-0.05, 0) is 54.5 Å². The summed E-state index contributed by atoms with van der Waals surface area (Å²) >= 11 is 0. The molecule has 12 heteroatoms. The largest absolute Gasteiger partial charge is 0.497 e. The molecular weight excluding hydrogens is 574 g/mol. The van der Waals surface area contributed by atoms with E-state index in [4.69, 9.17) is 24.2 Å². The summed E-state index contributed by atoms with van der Waals surface area (Å²) in [4.78, 5) is 13.1. The Kier molecular flexibility index (Phi) is 11.0. The second kappa shape index (κ2) is 14.5. The van der Waals surface area contributed by atoms with E-state index in [1.54, 1.807) is 12.1 Å². The maximum absolute atomic E-state index is 13.9. The molecule has 0 aliphatic carbocycles. The number of methoxy groups -OCH3 is 1. The zero-order chi connectivity index (χ0) is 31.0. The summed E-state index contributed by atoms with van der Waals surface area (Å²) in [5.41, 5.74) is 0.276. The lowest BCUT2D eigenvalue weighted by atomic mass is 9.88. The first-order valence-corrected chi connectivity index (χ1v) is 15.9. The minimum Gasteiger partial charge on any atom is -0.497 e. The van der Waals surface area contributed by atoms with Crippen LogP contribution in [0.3, 0.4) is 0 Å². The van der Waals surface area contributed by atoms with Crippen molar-refractivity contribution in [2.24, 2.45) is 11.3 Å². The molecule has 0 bridgehead atoms. The number of aliphatic hydroxyl groups is 1. The SMILES string of the molecule is COc1ccc(S(=O)(=O)N(CC(O)C(Cc2ccccc2)NC(=O)OC2CO[C@@H]3OCC[C@H]23)CC(C)(C)CCC#N)cc1. The minimum absolute atomic E-state index is 0.0399. The molecule has 2 aromatic rings. The normalized spacial score (nSPS) is 21.5. The molecule has 0 aromatic heterocycles. The lowest BCUT2D eigenvalue weighted by Crippen LogP contribution is -2.52. The molecule has 11 nitrogen and oxygen atoms in total. The standard InChI is InChI=1S/C31H41N3O8S/c1-31(2,15-7-16-32)21-34(43(37,38)24-12-10-23(39-3)11-13-24)19-27(35)26(18-22-8-5-4-6-9-22)33-30(36)42-28-20-41-29-25(28)14-17-40-29/h4-6,8-13,25-29,35H,7,14-15,17-21H2,1-3H3,(H,33,36)/t25-,26?,27?,28?,29+/m1/s1. The number of nitriles is 1. The van der Waals surface area contributed by atoms with Gasteiger partial charge in [0.15, 0.2) is 6.29 Å². The Bertz CT molecular complexity index is 1350. The number of carbonyl (C=O) groups excluding carboxylic acids is 1. The summed E-state index contributed by atoms with van der Waals surface area (Å²) in [5.74, 6) is 0.456. The second-order valence-corrected chi connectivity index (χ2v) is 13.7. The van der Waals surface area contributed by atoms with Crippen molar-refractivity contribution in [3.8, 4) is 11.8 Å². The number of hydrogen-bond donors (Lipinski definition) is 2. The number of fused-ring (bicyclic) bond motifs is 1. The molecule has 2 N–H and O–H groups in total. The van der Waals surface area contributed by atoms with Crippen LogP contribution >= 0.6 is 0 Å². The number of rotatable bonds is 14. The van der Waals surface area contributed by atoms with Gasteiger partial charge in [0.1, 0.15) is 11.9 Å². The zero-order valence-corrected chi connectivity index (χ0v) is 25.7. The molecule has 43 heavy (non-hydrogen) atoms. The molecule has 2 heterocycles. The third-order valence-corrected chi connectivity index (χ3v) is 9.74. The van der Waals surface area contributed by atoms with E-state index >= 15 is 0 Å². The molecule has 0 spiro atoms. The van der Waals surface area contributed by atoms with E-state index in [-0.39, 0.29) is 49.6 Å². The molecule has 2 saturated heterocycles. The van der Waals surface area contributed by atoms with Crippen LogP contribution in [0.1, 0.15) is 38.7 Å². The minimum atomic E-state index is -4.08. The Morgan fingerprint density at radius 3 is 2.58 bits per heavy atom. The summed E-state index contributed by atoms with van der Waals surface area (Å²) < 4.78 is 51.1. The first-order valence-electron chi connectivity index (χ1n) is 14.5. The molecule has 2 aliphatic rings. The summed E-state index contributed by atoms with van der Waals surface area (Å²) in [6.07, 6.45) is -1.20. The third kappa shape index (κ3) is 8.68. The Morgan fingerprint density at radius 2 is 1.91 bits per heavy atom. The maximum Gasteiger partial charge on any atom is 0.407 e. The number of nitrogens with zero attached hydrogens (tertiary/aromatic N) is 2. The third-order valence-electron chi connectivity index (χ3n) is 7.92. The van der Waals surface area contributed by atoms with Gasteiger partial charge in [-0.2, -0.15) is 9.57 Å². The summed E-state index contributed by atoms with van der Waals surface area (Å²) in [6.45, 7) is 4.27. The highest BCUT2D eigenvalue weighted by Gasteiger charge is 2.44. The lowest BCUT2D eigenvalue weighted by Gasteiger charge is -2.35. The fourth-order valence-electron chi connectivity index (χ4n) is 5.45. The van der Waals surface area contributed by atoms with Gasteiger partial charge >= 0.3 is 6.09 Å². The van der Waals surface area contributed by atoms with Crippen molar-refractivity contribution in [1.29, 1.82) is 5.26 Å². The smallest absolute Gasteiger partial charge is 0.407 e. The number of amides is 1. The topological polar surface area (TPSA) is 147 Å². The van der Waals surface area contributed by atoms with E-state index in [1.165, 1.54) is 23.5 Å². The molecule has 2 aromatic carbocycles. The summed E-state index contributed by atoms with van der Waals surface area (Å²) in [6, 6.07) is 16.6. The zero-order valence-electron chi connectivity index (χ0n) is 24.8. The number of hydrogen-bond acceptors (Lipinski definition) is 9. The van der Waals surface area contributed by atoms with Crippen molar-refractivity contribution >= 4 is 16.1 Å². The number of alkyl carbamates (subject to hydrolysis) is 1. The first-order chi connectivity index (χ1) is 20.5. The molecule has 2 aliphatic heterocycles. The van der Waals surface area contributed by atoms with E-state index in [2.05, 4.69) is 11.4 Å². The van der Waals surface area contributed by atoms with Gasteiger partial charge in [-0.3, -0.25) is 0 Å². The second-order valence-electron chi connectivity index (χ2n) is 11.8. The molecule has 2 fully saturated rings. The van der Waals surface area contributed by atoms with Crippen molar-refractivity contribution < 1.29 is 37.3 Å². The average Bonchev–Trinajstić information content (AvgIpc) is 3.61. The van der Waals surface area contributed by atoms with Crippen LogP contribution in [0.4, 0.5) is 4.79 Å². The van der Waals surface area contributed by atoms with Gasteiger partial charge in [0, 0.05) is 19.5 Å². The van der Waals surface area contributed by atoms with Gasteiger partial charge in [-0.25, -0.2) is 13.2 Å². The van der Waals surface area contributed by atoms with Crippen LogP contribution in [0.15, 0.2) is 59.5 Å². The highest BCUT2D eigenvalue weighted by Crippen LogP contribution is 2.33. The van der Waals surface area contributed by atoms with Gasteiger partial charge in [0.05, 0.1) is 49.4 Å². The number of sulfonamides is 1. The fraction of sp³-hybridized carbons (Fsp3) is 0.548. The fourth-order valence-corrected chi connectivity index (χ4v) is 7.10. The molecule has 234 valence electrons. The lowest BCUT2D eigenvalue weighted by molar-refractivity contribution is -0.0907. The first kappa shape index (κ1) is 32.7. The number of aliphatic hydroxyl groups excluding tert-OH is 1. The Balaban J connectivity index is 1.56. The quantitative estimate of drug-likeness (QED) is 0.326. The summed E-state index contributed by atoms with van der Waals surface area (Å²) in [7, 11) is -2.59. The number of benzene rings is 2. The number of carbonyl (C=O) groups is 1. The van der Waals surface area contributed by atoms with Crippen LogP contribution in [0.5, 0.6) is 5.75 Å². The Labute approximate surface area is 253 Å². The van der Waals surface area contributed by atoms with Gasteiger partial charge in [0.25, 0.3) is 0 Å². The van der Waals surface area contributed by atoms with Crippen molar-refractivity contribution in [1.82, 2.24) is 9.62 Å². The number of nitrogens with one attached hydrogen (secondary N) is 1. The van der Waals surface area contributed by atoms with E-state index < -0.39 is 39.8 Å². The highest BCUT2D eigenvalue weighted by molar-refractivity contribution is 7.89. The van der Waals surface area contributed by atoms with Crippen LogP contribution in [0, 0.1) is 22.7 Å². The van der Waals surface area contributed by atoms with Crippen LogP contribution in [0.25, 0.3) is 0 Å². The van der Waals surface area contributed by atoms with E-state index in [9.17, 15) is 18.3 Å². The van der Waals surface area contributed by atoms with Crippen LogP contribution in [-0.4, -0.2) is 81.9 Å². The molecule has 1 amide bonds. The van der Waals surface area contributed by atoms with Crippen molar-refractivity contribution in [3.63, 3.8) is 0 Å². The molecular formula is C31H41N3O8S. The molecule has 3 unspecified atom stereocenters. The predicted octanol–water partition coefficient (Wildman–Crippen LogP) is 3.48. The van der Waals surface area contributed by atoms with E-state index in [0.29, 0.717) is 18.8 Å².